The Bertz CT molecular complexity index is 1050. The van der Waals surface area contributed by atoms with Crippen LogP contribution in [0.2, 0.25) is 0 Å². The van der Waals surface area contributed by atoms with Crippen molar-refractivity contribution in [3.63, 3.8) is 0 Å². The van der Waals surface area contributed by atoms with Crippen LogP contribution in [-0.2, 0) is 6.54 Å². The third-order valence-electron chi connectivity index (χ3n) is 4.65. The molecule has 4 N–H and O–H groups in total. The number of hydrogen-bond donors (Lipinski definition) is 3. The fraction of sp³-hybridized carbons (Fsp3) is 0.333. The highest BCUT2D eigenvalue weighted by molar-refractivity contribution is 6.04. The molecule has 140 valence electrons. The smallest absolute Gasteiger partial charge is 0.276 e. The molecule has 1 aliphatic carbocycles. The number of fused-ring (bicyclic) bond motifs is 1. The predicted molar refractivity (Wildman–Crippen MR) is 98.8 cm³/mol. The van der Waals surface area contributed by atoms with Gasteiger partial charge in [-0.2, -0.15) is 5.10 Å². The molecule has 27 heavy (non-hydrogen) atoms. The van der Waals surface area contributed by atoms with Crippen LogP contribution in [0.5, 0.6) is 5.75 Å². The molecule has 0 saturated heterocycles. The van der Waals surface area contributed by atoms with Gasteiger partial charge in [-0.1, -0.05) is 0 Å². The van der Waals surface area contributed by atoms with Crippen molar-refractivity contribution >= 4 is 28.8 Å². The van der Waals surface area contributed by atoms with E-state index >= 15 is 0 Å². The van der Waals surface area contributed by atoms with E-state index in [0.29, 0.717) is 34.0 Å². The van der Waals surface area contributed by atoms with E-state index in [-0.39, 0.29) is 11.9 Å². The van der Waals surface area contributed by atoms with Crippen molar-refractivity contribution in [2.24, 2.45) is 11.7 Å². The van der Waals surface area contributed by atoms with E-state index in [1.807, 2.05) is 6.92 Å². The summed E-state index contributed by atoms with van der Waals surface area (Å²) in [5, 5.41) is 7.08. The number of rotatable bonds is 6. The second-order valence-corrected chi connectivity index (χ2v) is 6.78. The molecule has 2 amide bonds. The molecule has 1 aliphatic rings. The fourth-order valence-corrected chi connectivity index (χ4v) is 3.07. The summed E-state index contributed by atoms with van der Waals surface area (Å²) in [6.45, 7) is 2.60. The highest BCUT2D eigenvalue weighted by Crippen LogP contribution is 2.31. The number of aromatic nitrogens is 4. The Morgan fingerprint density at radius 3 is 2.85 bits per heavy atom. The third-order valence-corrected chi connectivity index (χ3v) is 4.65. The summed E-state index contributed by atoms with van der Waals surface area (Å²) in [4.78, 5) is 31.6. The number of carbonyl (C=O) groups excluding carboxylic acids is 2. The highest BCUT2D eigenvalue weighted by atomic mass is 16.5. The molecule has 4 rings (SSSR count). The Morgan fingerprint density at radius 2 is 2.19 bits per heavy atom. The summed E-state index contributed by atoms with van der Waals surface area (Å²) >= 11 is 0. The van der Waals surface area contributed by atoms with Crippen LogP contribution in [0.4, 0.5) is 5.95 Å². The maximum atomic E-state index is 12.8. The molecule has 0 unspecified atom stereocenters. The average Bonchev–Trinajstić information content (AvgIpc) is 3.23. The van der Waals surface area contributed by atoms with Gasteiger partial charge in [0.05, 0.1) is 18.8 Å². The number of benzene rings is 1. The fourth-order valence-electron chi connectivity index (χ4n) is 3.07. The van der Waals surface area contributed by atoms with E-state index < -0.39 is 5.91 Å². The van der Waals surface area contributed by atoms with Crippen molar-refractivity contribution in [3.05, 3.63) is 35.2 Å². The first-order valence-electron chi connectivity index (χ1n) is 8.67. The maximum absolute atomic E-state index is 12.8. The van der Waals surface area contributed by atoms with Gasteiger partial charge in [0.2, 0.25) is 11.9 Å². The minimum atomic E-state index is -0.574. The third kappa shape index (κ3) is 3.23. The van der Waals surface area contributed by atoms with Gasteiger partial charge in [-0.15, -0.1) is 0 Å². The zero-order chi connectivity index (χ0) is 19.1. The lowest BCUT2D eigenvalue weighted by molar-refractivity contribution is 0.0995. The van der Waals surface area contributed by atoms with Crippen LogP contribution < -0.4 is 15.8 Å². The van der Waals surface area contributed by atoms with E-state index in [1.165, 1.54) is 26.0 Å². The van der Waals surface area contributed by atoms with Gasteiger partial charge >= 0.3 is 0 Å². The predicted octanol–water partition coefficient (Wildman–Crippen LogP) is 1.84. The Morgan fingerprint density at radius 1 is 1.41 bits per heavy atom. The first-order valence-corrected chi connectivity index (χ1v) is 8.67. The average molecular weight is 368 g/mol. The SMILES string of the molecule is COc1cc(C(N)=O)cc2[nH]c(NC(=O)c3c(C)cnn3CC3CC3)nc12. The lowest BCUT2D eigenvalue weighted by atomic mass is 10.2. The lowest BCUT2D eigenvalue weighted by Crippen LogP contribution is -2.20. The Kier molecular flexibility index (Phi) is 4.06. The minimum absolute atomic E-state index is 0.258. The van der Waals surface area contributed by atoms with Gasteiger partial charge < -0.3 is 15.5 Å². The van der Waals surface area contributed by atoms with Crippen LogP contribution in [0, 0.1) is 12.8 Å². The van der Waals surface area contributed by atoms with E-state index in [0.717, 1.165) is 12.1 Å². The van der Waals surface area contributed by atoms with Gasteiger partial charge in [0.1, 0.15) is 17.0 Å². The second-order valence-electron chi connectivity index (χ2n) is 6.78. The largest absolute Gasteiger partial charge is 0.494 e. The molecule has 2 heterocycles. The zero-order valence-corrected chi connectivity index (χ0v) is 15.1. The first kappa shape index (κ1) is 17.1. The molecule has 1 aromatic carbocycles. The standard InChI is InChI=1S/C18H20N6O3/c1-9-7-20-24(8-10-3-4-10)15(9)17(26)23-18-21-12-5-11(16(19)25)6-13(27-2)14(12)22-18/h5-7,10H,3-4,8H2,1-2H3,(H2,19,25)(H2,21,22,23,26). The monoisotopic (exact) mass is 368 g/mol. The van der Waals surface area contributed by atoms with Gasteiger partial charge in [-0.3, -0.25) is 19.6 Å². The summed E-state index contributed by atoms with van der Waals surface area (Å²) in [6.07, 6.45) is 4.04. The van der Waals surface area contributed by atoms with Crippen molar-refractivity contribution in [2.75, 3.05) is 12.4 Å². The number of carbonyl (C=O) groups is 2. The molecule has 0 radical (unpaired) electrons. The number of H-pyrrole nitrogens is 1. The van der Waals surface area contributed by atoms with E-state index in [2.05, 4.69) is 20.4 Å². The molecular formula is C18H20N6O3. The van der Waals surface area contributed by atoms with Crippen molar-refractivity contribution in [1.29, 1.82) is 0 Å². The summed E-state index contributed by atoms with van der Waals surface area (Å²) in [5.41, 5.74) is 8.01. The van der Waals surface area contributed by atoms with Crippen LogP contribution in [0.25, 0.3) is 11.0 Å². The van der Waals surface area contributed by atoms with E-state index in [9.17, 15) is 9.59 Å². The van der Waals surface area contributed by atoms with Crippen molar-refractivity contribution in [3.8, 4) is 5.75 Å². The number of nitrogens with one attached hydrogen (secondary N) is 2. The zero-order valence-electron chi connectivity index (χ0n) is 15.1. The van der Waals surface area contributed by atoms with Gasteiger partial charge in [0.25, 0.3) is 5.91 Å². The minimum Gasteiger partial charge on any atom is -0.494 e. The van der Waals surface area contributed by atoms with Crippen molar-refractivity contribution < 1.29 is 14.3 Å². The van der Waals surface area contributed by atoms with Crippen LogP contribution >= 0.6 is 0 Å². The normalized spacial score (nSPS) is 13.7. The van der Waals surface area contributed by atoms with E-state index in [4.69, 9.17) is 10.5 Å². The number of aromatic amines is 1. The first-order chi connectivity index (χ1) is 13.0. The van der Waals surface area contributed by atoms with Gasteiger partial charge in [0, 0.05) is 12.1 Å². The summed E-state index contributed by atoms with van der Waals surface area (Å²) in [5.74, 6) is 0.383. The number of anilines is 1. The molecule has 3 aromatic rings. The number of ether oxygens (including phenoxy) is 1. The maximum Gasteiger partial charge on any atom is 0.276 e. The highest BCUT2D eigenvalue weighted by Gasteiger charge is 2.26. The van der Waals surface area contributed by atoms with Crippen LogP contribution in [0.3, 0.4) is 0 Å². The molecular weight excluding hydrogens is 348 g/mol. The Labute approximate surface area is 154 Å². The molecule has 0 aliphatic heterocycles. The van der Waals surface area contributed by atoms with Crippen LogP contribution in [-0.4, -0.2) is 38.7 Å². The van der Waals surface area contributed by atoms with Gasteiger partial charge in [0.15, 0.2) is 0 Å². The Balaban J connectivity index is 1.64. The van der Waals surface area contributed by atoms with Crippen molar-refractivity contribution in [1.82, 2.24) is 19.7 Å². The number of hydrogen-bond acceptors (Lipinski definition) is 5. The Hall–Kier alpha value is -3.36. The number of primary amides is 1. The number of aryl methyl sites for hydroxylation is 1. The number of nitrogens with two attached hydrogens (primary N) is 1. The second kappa shape index (κ2) is 6.42. The van der Waals surface area contributed by atoms with Gasteiger partial charge in [-0.05, 0) is 43.4 Å². The van der Waals surface area contributed by atoms with Crippen LogP contribution in [0.15, 0.2) is 18.3 Å². The summed E-state index contributed by atoms with van der Waals surface area (Å²) < 4.78 is 7.03. The molecule has 1 fully saturated rings. The van der Waals surface area contributed by atoms with Gasteiger partial charge in [-0.25, -0.2) is 4.98 Å². The topological polar surface area (TPSA) is 128 Å². The molecule has 1 saturated carbocycles. The number of amides is 2. The summed E-state index contributed by atoms with van der Waals surface area (Å²) in [7, 11) is 1.48. The molecule has 2 aromatic heterocycles. The lowest BCUT2D eigenvalue weighted by Gasteiger charge is -2.07. The molecule has 0 atom stereocenters. The number of methoxy groups -OCH3 is 1. The molecule has 0 spiro atoms. The van der Waals surface area contributed by atoms with E-state index in [1.54, 1.807) is 16.9 Å². The molecule has 9 nitrogen and oxygen atoms in total. The molecule has 9 heteroatoms. The number of imidazole rings is 1. The quantitative estimate of drug-likeness (QED) is 0.611. The number of nitrogens with zero attached hydrogens (tertiary/aromatic N) is 3. The summed E-state index contributed by atoms with van der Waals surface area (Å²) in [6, 6.07) is 3.09. The van der Waals surface area contributed by atoms with Crippen molar-refractivity contribution in [2.45, 2.75) is 26.3 Å². The molecule has 0 bridgehead atoms. The van der Waals surface area contributed by atoms with Crippen LogP contribution in [0.1, 0.15) is 39.3 Å².